The number of unbranched alkanes of at least 4 members (excludes halogenated alkanes) is 39. The van der Waals surface area contributed by atoms with Gasteiger partial charge in [-0.1, -0.05) is 264 Å². The van der Waals surface area contributed by atoms with Gasteiger partial charge in [-0.15, -0.1) is 0 Å². The van der Waals surface area contributed by atoms with Crippen molar-refractivity contribution in [3.8, 4) is 0 Å². The predicted molar refractivity (Wildman–Crippen MR) is 261 cm³/mol. The van der Waals surface area contributed by atoms with Crippen LogP contribution in [0.5, 0.6) is 0 Å². The molecule has 0 radical (unpaired) electrons. The van der Waals surface area contributed by atoms with Crippen molar-refractivity contribution in [3.05, 3.63) is 0 Å². The number of hydrogen-bond acceptors (Lipinski definition) is 8. The fourth-order valence-electron chi connectivity index (χ4n) is 8.18. The summed E-state index contributed by atoms with van der Waals surface area (Å²) in [6, 6.07) is 0. The third kappa shape index (κ3) is 48.9. The third-order valence-electron chi connectivity index (χ3n) is 12.3. The van der Waals surface area contributed by atoms with Crippen LogP contribution in [0, 0.1) is 0 Å². The van der Waals surface area contributed by atoms with Gasteiger partial charge in [0.05, 0.1) is 26.4 Å². The van der Waals surface area contributed by atoms with Gasteiger partial charge in [-0.25, -0.2) is 4.57 Å². The lowest BCUT2D eigenvalue weighted by atomic mass is 10.0. The minimum Gasteiger partial charge on any atom is -0.457 e. The number of hydrogen-bond donors (Lipinski definition) is 3. The Morgan fingerprint density at radius 2 is 0.726 bits per heavy atom. The molecule has 62 heavy (non-hydrogen) atoms. The average molecular weight is 905 g/mol. The zero-order chi connectivity index (χ0) is 45.3. The smallest absolute Gasteiger partial charge is 0.457 e. The Bertz CT molecular complexity index is 938. The van der Waals surface area contributed by atoms with Crippen LogP contribution in [-0.2, 0) is 27.9 Å². The Kier molecular flexibility index (Phi) is 49.5. The molecule has 3 atom stereocenters. The van der Waals surface area contributed by atoms with Crippen LogP contribution in [-0.4, -0.2) is 66.3 Å². The molecule has 0 aromatic carbocycles. The molecular formula is C52H105O9P. The summed E-state index contributed by atoms with van der Waals surface area (Å²) in [5.41, 5.74) is 0. The van der Waals surface area contributed by atoms with Crippen LogP contribution >= 0.6 is 7.82 Å². The van der Waals surface area contributed by atoms with Crippen molar-refractivity contribution in [1.29, 1.82) is 0 Å². The lowest BCUT2D eigenvalue weighted by Gasteiger charge is -2.20. The van der Waals surface area contributed by atoms with E-state index < -0.39 is 33.2 Å². The van der Waals surface area contributed by atoms with Crippen molar-refractivity contribution in [1.82, 2.24) is 0 Å². The molecule has 0 aliphatic heterocycles. The molecule has 0 aromatic rings. The minimum atomic E-state index is -4.52. The molecule has 0 saturated carbocycles. The summed E-state index contributed by atoms with van der Waals surface area (Å²) in [4.78, 5) is 22.7. The van der Waals surface area contributed by atoms with Crippen LogP contribution in [0.1, 0.15) is 284 Å². The largest absolute Gasteiger partial charge is 0.472 e. The van der Waals surface area contributed by atoms with Crippen molar-refractivity contribution in [2.24, 2.45) is 0 Å². The Morgan fingerprint density at radius 3 is 1.05 bits per heavy atom. The third-order valence-corrected chi connectivity index (χ3v) is 13.2. The molecule has 3 unspecified atom stereocenters. The molecule has 0 aromatic heterocycles. The topological polar surface area (TPSA) is 132 Å². The lowest BCUT2D eigenvalue weighted by molar-refractivity contribution is -0.154. The maximum absolute atomic E-state index is 12.7. The van der Waals surface area contributed by atoms with E-state index in [0.717, 1.165) is 32.1 Å². The number of rotatable bonds is 53. The molecule has 372 valence electrons. The van der Waals surface area contributed by atoms with Crippen molar-refractivity contribution < 1.29 is 43.0 Å². The molecule has 0 heterocycles. The quantitative estimate of drug-likeness (QED) is 0.0310. The molecular weight excluding hydrogens is 800 g/mol. The number of esters is 1. The van der Waals surface area contributed by atoms with Gasteiger partial charge in [0.2, 0.25) is 0 Å². The van der Waals surface area contributed by atoms with Gasteiger partial charge < -0.3 is 24.6 Å². The molecule has 0 amide bonds. The van der Waals surface area contributed by atoms with Gasteiger partial charge in [-0.3, -0.25) is 13.8 Å². The van der Waals surface area contributed by atoms with Crippen LogP contribution in [0.3, 0.4) is 0 Å². The zero-order valence-corrected chi connectivity index (χ0v) is 42.0. The van der Waals surface area contributed by atoms with E-state index in [1.54, 1.807) is 0 Å². The number of aliphatic hydroxyl groups excluding tert-OH is 2. The molecule has 3 N–H and O–H groups in total. The van der Waals surface area contributed by atoms with Gasteiger partial charge in [0.1, 0.15) is 12.2 Å². The normalized spacial score (nSPS) is 13.7. The first-order valence-electron chi connectivity index (χ1n) is 27.0. The van der Waals surface area contributed by atoms with Crippen LogP contribution in [0.2, 0.25) is 0 Å². The van der Waals surface area contributed by atoms with Gasteiger partial charge in [-0.2, -0.15) is 0 Å². The summed E-state index contributed by atoms with van der Waals surface area (Å²) in [5, 5.41) is 18.4. The minimum absolute atomic E-state index is 0.0590. The first kappa shape index (κ1) is 61.5. The highest BCUT2D eigenvalue weighted by Crippen LogP contribution is 2.43. The van der Waals surface area contributed by atoms with E-state index in [1.165, 1.54) is 231 Å². The Hall–Kier alpha value is -0.540. The molecule has 0 saturated heterocycles. The van der Waals surface area contributed by atoms with Crippen LogP contribution in [0.25, 0.3) is 0 Å². The molecule has 9 nitrogen and oxygen atoms in total. The predicted octanol–water partition coefficient (Wildman–Crippen LogP) is 15.8. The summed E-state index contributed by atoms with van der Waals surface area (Å²) in [6.07, 6.45) is 52.2. The van der Waals surface area contributed by atoms with E-state index in [-0.39, 0.29) is 25.6 Å². The van der Waals surface area contributed by atoms with Crippen molar-refractivity contribution >= 4 is 13.8 Å². The fraction of sp³-hybridized carbons (Fsp3) is 0.981. The highest BCUT2D eigenvalue weighted by Gasteiger charge is 2.26. The van der Waals surface area contributed by atoms with E-state index in [9.17, 15) is 19.4 Å². The molecule has 0 spiro atoms. The van der Waals surface area contributed by atoms with Crippen LogP contribution < -0.4 is 0 Å². The van der Waals surface area contributed by atoms with E-state index in [4.69, 9.17) is 23.6 Å². The van der Waals surface area contributed by atoms with Gasteiger partial charge in [0, 0.05) is 13.0 Å². The Morgan fingerprint density at radius 1 is 0.435 bits per heavy atom. The number of aliphatic hydroxyl groups is 2. The summed E-state index contributed by atoms with van der Waals surface area (Å²) < 4.78 is 33.6. The second-order valence-electron chi connectivity index (χ2n) is 18.6. The van der Waals surface area contributed by atoms with Gasteiger partial charge in [0.25, 0.3) is 0 Å². The Balaban J connectivity index is 3.97. The summed E-state index contributed by atoms with van der Waals surface area (Å²) in [5.74, 6) is -0.373. The highest BCUT2D eigenvalue weighted by atomic mass is 31.2. The Labute approximate surface area is 384 Å². The molecule has 0 bridgehead atoms. The van der Waals surface area contributed by atoms with Gasteiger partial charge in [0.15, 0.2) is 0 Å². The summed E-state index contributed by atoms with van der Waals surface area (Å²) >= 11 is 0. The van der Waals surface area contributed by atoms with Crippen LogP contribution in [0.15, 0.2) is 0 Å². The second-order valence-corrected chi connectivity index (χ2v) is 20.1. The van der Waals surface area contributed by atoms with Crippen molar-refractivity contribution in [2.45, 2.75) is 296 Å². The molecule has 0 aliphatic carbocycles. The molecule has 0 rings (SSSR count). The van der Waals surface area contributed by atoms with E-state index >= 15 is 0 Å². The number of carbonyl (C=O) groups excluding carboxylic acids is 1. The summed E-state index contributed by atoms with van der Waals surface area (Å²) in [7, 11) is -4.52. The molecule has 0 fully saturated rings. The first-order valence-corrected chi connectivity index (χ1v) is 28.5. The zero-order valence-electron chi connectivity index (χ0n) is 41.1. The molecule has 10 heteroatoms. The maximum Gasteiger partial charge on any atom is 0.472 e. The van der Waals surface area contributed by atoms with Crippen LogP contribution in [0.4, 0.5) is 0 Å². The van der Waals surface area contributed by atoms with Crippen molar-refractivity contribution in [2.75, 3.05) is 33.0 Å². The standard InChI is InChI=1S/C52H105O9P/c1-3-5-7-9-11-13-15-17-19-21-23-24-25-26-27-29-31-33-35-37-39-41-43-45-58-48-51(49-60-62(56,57)59-47-50(54)46-53)61-52(55)44-42-40-38-36-34-32-30-28-22-20-18-16-14-12-10-8-6-4-2/h50-51,53-54H,3-49H2,1-2H3,(H,56,57). The van der Waals surface area contributed by atoms with E-state index in [2.05, 4.69) is 13.8 Å². The van der Waals surface area contributed by atoms with E-state index in [1.807, 2.05) is 0 Å². The average Bonchev–Trinajstić information content (AvgIpc) is 3.26. The number of phosphoric ester groups is 1. The fourth-order valence-corrected chi connectivity index (χ4v) is 8.97. The maximum atomic E-state index is 12.7. The first-order chi connectivity index (χ1) is 30.3. The lowest BCUT2D eigenvalue weighted by Crippen LogP contribution is -2.29. The number of carbonyl (C=O) groups is 1. The van der Waals surface area contributed by atoms with Crippen molar-refractivity contribution in [3.63, 3.8) is 0 Å². The summed E-state index contributed by atoms with van der Waals surface area (Å²) in [6.45, 7) is 3.61. The van der Waals surface area contributed by atoms with Gasteiger partial charge in [-0.05, 0) is 12.8 Å². The van der Waals surface area contributed by atoms with E-state index in [0.29, 0.717) is 6.61 Å². The second kappa shape index (κ2) is 49.9. The highest BCUT2D eigenvalue weighted by molar-refractivity contribution is 7.47. The van der Waals surface area contributed by atoms with Gasteiger partial charge >= 0.3 is 13.8 Å². The number of ether oxygens (including phenoxy) is 2. The molecule has 0 aliphatic rings. The monoisotopic (exact) mass is 905 g/mol. The number of phosphoric acid groups is 1. The SMILES string of the molecule is CCCCCCCCCCCCCCCCCCCCCCCCCOCC(COP(=O)(O)OCC(O)CO)OC(=O)CCCCCCCCCCCCCCCCCCCC.